The molecule has 3 aliphatic heterocycles. The number of hydrogen-bond donors (Lipinski definition) is 1. The van der Waals surface area contributed by atoms with Crippen molar-refractivity contribution >= 4 is 35.2 Å². The van der Waals surface area contributed by atoms with Crippen LogP contribution in [0, 0.1) is 31.6 Å². The van der Waals surface area contributed by atoms with Crippen LogP contribution in [0.25, 0.3) is 0 Å². The maximum absolute atomic E-state index is 14.8. The Morgan fingerprint density at radius 2 is 1.87 bits per heavy atom. The number of aliphatic hydroxyl groups is 1. The first kappa shape index (κ1) is 29.4. The van der Waals surface area contributed by atoms with Gasteiger partial charge in [0, 0.05) is 44.2 Å². The smallest absolute Gasteiger partial charge is 0.251 e. The average Bonchev–Trinajstić information content (AvgIpc) is 3.49. The molecule has 0 saturated carbocycles. The van der Waals surface area contributed by atoms with Crippen molar-refractivity contribution in [3.8, 4) is 0 Å². The number of hydrogen-bond acceptors (Lipinski definition) is 5. The first-order chi connectivity index (χ1) is 18.6. The summed E-state index contributed by atoms with van der Waals surface area (Å²) in [4.78, 5) is 48.0. The lowest BCUT2D eigenvalue weighted by molar-refractivity contribution is -0.143. The number of carbonyl (C=O) groups is 3. The van der Waals surface area contributed by atoms with Gasteiger partial charge in [0.1, 0.15) is 6.04 Å². The molecular formula is C31H43N3O4S. The highest BCUT2D eigenvalue weighted by molar-refractivity contribution is 8.02. The Kier molecular flexibility index (Phi) is 8.96. The Bertz CT molecular complexity index is 1140. The lowest BCUT2D eigenvalue weighted by Crippen LogP contribution is -2.57. The second-order valence-electron chi connectivity index (χ2n) is 11.4. The molecule has 0 radical (unpaired) electrons. The predicted molar refractivity (Wildman–Crippen MR) is 158 cm³/mol. The van der Waals surface area contributed by atoms with Crippen LogP contribution in [0.3, 0.4) is 0 Å². The molecule has 4 rings (SSSR count). The van der Waals surface area contributed by atoms with Gasteiger partial charge in [-0.05, 0) is 62.6 Å². The quantitative estimate of drug-likeness (QED) is 0.313. The standard InChI is InChI=1S/C31H43N3O4S/c1-7-14-32(6)28(36)25-24-19-22(5)31(39-24)26(25)29(37)34(16-10-9-11-17-35)27(31)30(38)33(15-8-2)23-18-20(3)12-13-21(23)4/h7-8,12-13,18,22,24-27,35H,1-2,9-11,14-17,19H2,3-6H3/t22?,24-,25+,26-,27?,31?/m0/s1. The van der Waals surface area contributed by atoms with Gasteiger partial charge in [-0.25, -0.2) is 0 Å². The third-order valence-electron chi connectivity index (χ3n) is 8.83. The summed E-state index contributed by atoms with van der Waals surface area (Å²) >= 11 is 1.71. The third kappa shape index (κ3) is 4.95. The Morgan fingerprint density at radius 3 is 2.54 bits per heavy atom. The van der Waals surface area contributed by atoms with Crippen LogP contribution in [-0.4, -0.2) is 82.0 Å². The number of unbranched alkanes of at least 4 members (excludes halogenated alkanes) is 2. The van der Waals surface area contributed by atoms with Gasteiger partial charge >= 0.3 is 0 Å². The lowest BCUT2D eigenvalue weighted by atomic mass is 9.65. The van der Waals surface area contributed by atoms with Gasteiger partial charge in [-0.3, -0.25) is 14.4 Å². The van der Waals surface area contributed by atoms with E-state index in [9.17, 15) is 19.5 Å². The zero-order valence-electron chi connectivity index (χ0n) is 23.8. The van der Waals surface area contributed by atoms with Crippen LogP contribution in [0.5, 0.6) is 0 Å². The van der Waals surface area contributed by atoms with Crippen molar-refractivity contribution in [3.05, 3.63) is 54.6 Å². The van der Waals surface area contributed by atoms with Gasteiger partial charge in [-0.1, -0.05) is 31.2 Å². The Morgan fingerprint density at radius 1 is 1.15 bits per heavy atom. The van der Waals surface area contributed by atoms with E-state index in [4.69, 9.17) is 0 Å². The van der Waals surface area contributed by atoms with Crippen molar-refractivity contribution in [2.24, 2.45) is 17.8 Å². The summed E-state index contributed by atoms with van der Waals surface area (Å²) in [5.41, 5.74) is 2.87. The van der Waals surface area contributed by atoms with Gasteiger partial charge in [-0.15, -0.1) is 24.9 Å². The van der Waals surface area contributed by atoms with Crippen LogP contribution in [-0.2, 0) is 14.4 Å². The topological polar surface area (TPSA) is 81.2 Å². The van der Waals surface area contributed by atoms with Crippen molar-refractivity contribution in [3.63, 3.8) is 0 Å². The van der Waals surface area contributed by atoms with E-state index in [-0.39, 0.29) is 35.5 Å². The van der Waals surface area contributed by atoms with Gasteiger partial charge in [0.05, 0.1) is 16.6 Å². The van der Waals surface area contributed by atoms with Crippen molar-refractivity contribution in [2.45, 2.75) is 62.5 Å². The molecule has 8 heteroatoms. The Hall–Kier alpha value is -2.58. The number of nitrogens with zero attached hydrogens (tertiary/aromatic N) is 3. The third-order valence-corrected chi connectivity index (χ3v) is 10.9. The Balaban J connectivity index is 1.80. The fraction of sp³-hybridized carbons (Fsp3) is 0.581. The summed E-state index contributed by atoms with van der Waals surface area (Å²) in [5, 5.41) is 9.30. The van der Waals surface area contributed by atoms with Gasteiger partial charge in [0.15, 0.2) is 0 Å². The number of carbonyl (C=O) groups excluding carboxylic acids is 3. The number of rotatable bonds is 12. The predicted octanol–water partition coefficient (Wildman–Crippen LogP) is 3.97. The minimum absolute atomic E-state index is 0.00844. The number of aliphatic hydroxyl groups excluding tert-OH is 1. The minimum Gasteiger partial charge on any atom is -0.396 e. The van der Waals surface area contributed by atoms with E-state index in [1.165, 1.54) is 0 Å². The molecule has 2 bridgehead atoms. The van der Waals surface area contributed by atoms with Crippen LogP contribution in [0.1, 0.15) is 43.7 Å². The summed E-state index contributed by atoms with van der Waals surface area (Å²) in [7, 11) is 1.76. The highest BCUT2D eigenvalue weighted by Gasteiger charge is 2.76. The summed E-state index contributed by atoms with van der Waals surface area (Å²) in [5.74, 6) is -1.10. The Labute approximate surface area is 237 Å². The summed E-state index contributed by atoms with van der Waals surface area (Å²) in [6, 6.07) is 5.40. The minimum atomic E-state index is -0.670. The van der Waals surface area contributed by atoms with Crippen LogP contribution < -0.4 is 4.90 Å². The van der Waals surface area contributed by atoms with Crippen molar-refractivity contribution in [1.29, 1.82) is 0 Å². The number of amides is 3. The fourth-order valence-electron chi connectivity index (χ4n) is 7.02. The van der Waals surface area contributed by atoms with Crippen LogP contribution in [0.4, 0.5) is 5.69 Å². The van der Waals surface area contributed by atoms with Crippen molar-refractivity contribution < 1.29 is 19.5 Å². The summed E-state index contributed by atoms with van der Waals surface area (Å²) < 4.78 is -0.664. The molecule has 3 amide bonds. The second kappa shape index (κ2) is 11.9. The lowest BCUT2D eigenvalue weighted by Gasteiger charge is -2.41. The van der Waals surface area contributed by atoms with Gasteiger partial charge in [-0.2, -0.15) is 0 Å². The second-order valence-corrected chi connectivity index (χ2v) is 13.0. The summed E-state index contributed by atoms with van der Waals surface area (Å²) in [6.45, 7) is 15.1. The molecule has 3 unspecified atom stereocenters. The van der Waals surface area contributed by atoms with Crippen molar-refractivity contribution in [1.82, 2.24) is 9.80 Å². The molecule has 212 valence electrons. The molecule has 1 N–H and O–H groups in total. The number of likely N-dealkylation sites (tertiary alicyclic amines) is 1. The molecule has 3 saturated heterocycles. The molecule has 1 aromatic carbocycles. The number of likely N-dealkylation sites (N-methyl/N-ethyl adjacent to an activating group) is 1. The van der Waals surface area contributed by atoms with Crippen LogP contribution >= 0.6 is 11.8 Å². The molecule has 6 atom stereocenters. The largest absolute Gasteiger partial charge is 0.396 e. The van der Waals surface area contributed by atoms with E-state index < -0.39 is 22.6 Å². The van der Waals surface area contributed by atoms with Gasteiger partial charge in [0.25, 0.3) is 5.91 Å². The average molecular weight is 554 g/mol. The zero-order valence-corrected chi connectivity index (χ0v) is 24.6. The molecule has 7 nitrogen and oxygen atoms in total. The molecular weight excluding hydrogens is 510 g/mol. The maximum Gasteiger partial charge on any atom is 0.251 e. The molecule has 3 aliphatic rings. The zero-order chi connectivity index (χ0) is 28.5. The number of aryl methyl sites for hydroxylation is 2. The van der Waals surface area contributed by atoms with E-state index in [1.54, 1.807) is 45.7 Å². The van der Waals surface area contributed by atoms with E-state index in [0.29, 0.717) is 32.5 Å². The molecule has 0 aliphatic carbocycles. The molecule has 3 fully saturated rings. The maximum atomic E-state index is 14.8. The SMILES string of the molecule is C=CCN(C)C(=O)[C@@H]1[C@@H]2CC(C)C3(S2)C(C(=O)N(CC=C)c2cc(C)ccc2C)N(CCCCCO)C(=O)[C@H]13. The molecule has 3 heterocycles. The number of benzene rings is 1. The van der Waals surface area contributed by atoms with E-state index in [2.05, 4.69) is 20.1 Å². The van der Waals surface area contributed by atoms with Gasteiger partial charge in [0.2, 0.25) is 11.8 Å². The molecule has 1 spiro atoms. The first-order valence-electron chi connectivity index (χ1n) is 14.1. The monoisotopic (exact) mass is 553 g/mol. The highest BCUT2D eigenvalue weighted by Crippen LogP contribution is 2.69. The van der Waals surface area contributed by atoms with Gasteiger partial charge < -0.3 is 19.8 Å². The van der Waals surface area contributed by atoms with E-state index in [1.807, 2.05) is 32.0 Å². The first-order valence-corrected chi connectivity index (χ1v) is 15.0. The van der Waals surface area contributed by atoms with E-state index in [0.717, 1.165) is 29.7 Å². The molecule has 0 aromatic heterocycles. The number of anilines is 1. The van der Waals surface area contributed by atoms with E-state index >= 15 is 0 Å². The normalized spacial score (nSPS) is 28.9. The van der Waals surface area contributed by atoms with Crippen molar-refractivity contribution in [2.75, 3.05) is 38.2 Å². The van der Waals surface area contributed by atoms with Crippen LogP contribution in [0.2, 0.25) is 0 Å². The summed E-state index contributed by atoms with van der Waals surface area (Å²) in [6.07, 6.45) is 6.35. The molecule has 1 aromatic rings. The van der Waals surface area contributed by atoms with Crippen LogP contribution in [0.15, 0.2) is 43.5 Å². The fourth-order valence-corrected chi connectivity index (χ4v) is 9.43. The molecule has 39 heavy (non-hydrogen) atoms. The number of thioether (sulfide) groups is 1. The highest BCUT2D eigenvalue weighted by atomic mass is 32.2. The number of fused-ring (bicyclic) bond motifs is 1.